The van der Waals surface area contributed by atoms with Crippen molar-refractivity contribution in [3.63, 3.8) is 0 Å². The van der Waals surface area contributed by atoms with Gasteiger partial charge >= 0.3 is 5.69 Å². The second-order valence-electron chi connectivity index (χ2n) is 2.62. The van der Waals surface area contributed by atoms with E-state index < -0.39 is 11.7 Å². The Kier molecular flexibility index (Phi) is 2.86. The maximum atomic E-state index is 10.7. The van der Waals surface area contributed by atoms with E-state index in [1.807, 2.05) is 0 Å². The first-order valence-corrected chi connectivity index (χ1v) is 3.82. The van der Waals surface area contributed by atoms with Crippen LogP contribution in [0.2, 0.25) is 0 Å². The Labute approximate surface area is 74.5 Å². The van der Waals surface area contributed by atoms with Gasteiger partial charge in [-0.25, -0.2) is 4.79 Å². The molecule has 0 fully saturated rings. The lowest BCUT2D eigenvalue weighted by atomic mass is 10.2. The van der Waals surface area contributed by atoms with Gasteiger partial charge in [-0.15, -0.1) is 0 Å². The number of imidazole rings is 1. The van der Waals surface area contributed by atoms with Crippen molar-refractivity contribution < 1.29 is 5.11 Å². The molecule has 0 amide bonds. The smallest absolute Gasteiger partial charge is 0.326 e. The van der Waals surface area contributed by atoms with Gasteiger partial charge in [0.2, 0.25) is 5.88 Å². The number of aromatic amines is 2. The van der Waals surface area contributed by atoms with Gasteiger partial charge in [-0.3, -0.25) is 4.98 Å². The molecule has 0 aliphatic carbocycles. The number of nitrogens with one attached hydrogen (secondary N) is 2. The van der Waals surface area contributed by atoms with E-state index in [0.717, 1.165) is 0 Å². The summed E-state index contributed by atoms with van der Waals surface area (Å²) >= 11 is 0. The number of hydrogen-bond acceptors (Lipinski definition) is 4. The molecule has 0 aromatic carbocycles. The van der Waals surface area contributed by atoms with E-state index in [1.165, 1.54) is 0 Å². The van der Waals surface area contributed by atoms with Gasteiger partial charge in [0.1, 0.15) is 0 Å². The number of aliphatic imine (C=N–C) groups is 1. The van der Waals surface area contributed by atoms with Crippen LogP contribution in [-0.4, -0.2) is 28.3 Å². The average Bonchev–Trinajstić information content (AvgIpc) is 2.41. The minimum atomic E-state index is -0.462. The number of nitrogens with two attached hydrogens (primary N) is 1. The third-order valence-corrected chi connectivity index (χ3v) is 1.65. The highest BCUT2D eigenvalue weighted by Gasteiger charge is 2.12. The maximum absolute atomic E-state index is 10.7. The van der Waals surface area contributed by atoms with Crippen LogP contribution in [0.3, 0.4) is 0 Å². The third kappa shape index (κ3) is 2.19. The normalized spacial score (nSPS) is 13.7. The molecule has 6 nitrogen and oxygen atoms in total. The Bertz CT molecular complexity index is 352. The molecular formula is C7H12N4O2. The first kappa shape index (κ1) is 9.53. The summed E-state index contributed by atoms with van der Waals surface area (Å²) in [6, 6.07) is -0.442. The molecule has 0 bridgehead atoms. The zero-order valence-corrected chi connectivity index (χ0v) is 7.24. The number of aromatic hydroxyl groups is 1. The van der Waals surface area contributed by atoms with E-state index in [4.69, 9.17) is 5.73 Å². The molecule has 1 aromatic rings. The molecule has 0 aliphatic rings. The Morgan fingerprint density at radius 1 is 1.69 bits per heavy atom. The maximum Gasteiger partial charge on any atom is 0.326 e. The van der Waals surface area contributed by atoms with Gasteiger partial charge in [0.05, 0.1) is 11.7 Å². The molecule has 1 unspecified atom stereocenters. The van der Waals surface area contributed by atoms with Gasteiger partial charge in [0.15, 0.2) is 0 Å². The molecule has 6 heteroatoms. The van der Waals surface area contributed by atoms with E-state index in [1.54, 1.807) is 13.3 Å². The van der Waals surface area contributed by atoms with Crippen LogP contribution in [0.15, 0.2) is 9.79 Å². The van der Waals surface area contributed by atoms with Gasteiger partial charge in [0, 0.05) is 19.7 Å². The van der Waals surface area contributed by atoms with Crippen LogP contribution in [0.25, 0.3) is 0 Å². The van der Waals surface area contributed by atoms with Crippen LogP contribution in [0.5, 0.6) is 5.88 Å². The first-order valence-electron chi connectivity index (χ1n) is 3.82. The van der Waals surface area contributed by atoms with Crippen LogP contribution in [0, 0.1) is 0 Å². The Hall–Kier alpha value is -1.56. The minimum absolute atomic E-state index is 0.206. The summed E-state index contributed by atoms with van der Waals surface area (Å²) in [4.78, 5) is 19.1. The number of aromatic nitrogens is 2. The fraction of sp³-hybridized carbons (Fsp3) is 0.429. The van der Waals surface area contributed by atoms with Crippen LogP contribution in [0.1, 0.15) is 18.2 Å². The monoisotopic (exact) mass is 184 g/mol. The molecule has 1 aromatic heterocycles. The number of rotatable bonds is 3. The van der Waals surface area contributed by atoms with E-state index >= 15 is 0 Å². The molecule has 0 radical (unpaired) electrons. The second kappa shape index (κ2) is 3.90. The van der Waals surface area contributed by atoms with E-state index in [2.05, 4.69) is 15.0 Å². The minimum Gasteiger partial charge on any atom is -0.493 e. The zero-order valence-electron chi connectivity index (χ0n) is 7.24. The van der Waals surface area contributed by atoms with Gasteiger partial charge in [-0.05, 0) is 0 Å². The fourth-order valence-corrected chi connectivity index (χ4v) is 0.993. The molecule has 0 saturated carbocycles. The van der Waals surface area contributed by atoms with Crippen LogP contribution in [-0.2, 0) is 0 Å². The molecule has 1 heterocycles. The standard InChI is InChI=1S/C7H12N4O2/c1-9-3-2-4(8)5-6(12)11-7(13)10-5/h3-4,12H,2,8H2,1H3,(H2,10,11,13). The van der Waals surface area contributed by atoms with E-state index in [-0.39, 0.29) is 5.88 Å². The molecule has 1 atom stereocenters. The van der Waals surface area contributed by atoms with Crippen LogP contribution in [0.4, 0.5) is 0 Å². The second-order valence-corrected chi connectivity index (χ2v) is 2.62. The van der Waals surface area contributed by atoms with Crippen molar-refractivity contribution in [2.75, 3.05) is 7.05 Å². The van der Waals surface area contributed by atoms with Gasteiger partial charge in [0.25, 0.3) is 0 Å². The molecule has 5 N–H and O–H groups in total. The van der Waals surface area contributed by atoms with Gasteiger partial charge < -0.3 is 20.8 Å². The quantitative estimate of drug-likeness (QED) is 0.475. The highest BCUT2D eigenvalue weighted by Crippen LogP contribution is 2.17. The number of H-pyrrole nitrogens is 2. The van der Waals surface area contributed by atoms with Crippen molar-refractivity contribution >= 4 is 6.21 Å². The predicted molar refractivity (Wildman–Crippen MR) is 49.0 cm³/mol. The summed E-state index contributed by atoms with van der Waals surface area (Å²) in [6.07, 6.45) is 2.09. The predicted octanol–water partition coefficient (Wildman–Crippen LogP) is -0.501. The molecule has 0 spiro atoms. The van der Waals surface area contributed by atoms with Crippen molar-refractivity contribution in [2.24, 2.45) is 10.7 Å². The summed E-state index contributed by atoms with van der Waals surface area (Å²) in [6.45, 7) is 0. The summed E-state index contributed by atoms with van der Waals surface area (Å²) in [5, 5.41) is 9.19. The largest absolute Gasteiger partial charge is 0.493 e. The highest BCUT2D eigenvalue weighted by molar-refractivity contribution is 5.58. The van der Waals surface area contributed by atoms with E-state index in [9.17, 15) is 9.90 Å². The molecule has 13 heavy (non-hydrogen) atoms. The van der Waals surface area contributed by atoms with Crippen molar-refractivity contribution in [2.45, 2.75) is 12.5 Å². The highest BCUT2D eigenvalue weighted by atomic mass is 16.3. The summed E-state index contributed by atoms with van der Waals surface area (Å²) < 4.78 is 0. The van der Waals surface area contributed by atoms with Gasteiger partial charge in [-0.1, -0.05) is 0 Å². The average molecular weight is 184 g/mol. The molecule has 0 saturated heterocycles. The summed E-state index contributed by atoms with van der Waals surface area (Å²) in [5.74, 6) is -0.206. The van der Waals surface area contributed by atoms with Crippen molar-refractivity contribution in [3.8, 4) is 5.88 Å². The Balaban J connectivity index is 2.81. The molecule has 72 valence electrons. The SMILES string of the molecule is CN=CCC(N)c1[nH]c(=O)[nH]c1O. The Morgan fingerprint density at radius 3 is 2.85 bits per heavy atom. The van der Waals surface area contributed by atoms with E-state index in [0.29, 0.717) is 12.1 Å². The summed E-state index contributed by atoms with van der Waals surface area (Å²) in [7, 11) is 1.63. The molecule has 0 aliphatic heterocycles. The van der Waals surface area contributed by atoms with Crippen molar-refractivity contribution in [3.05, 3.63) is 16.2 Å². The fourth-order valence-electron chi connectivity index (χ4n) is 0.993. The molecule has 1 rings (SSSR count). The van der Waals surface area contributed by atoms with Crippen LogP contribution >= 0.6 is 0 Å². The first-order chi connectivity index (χ1) is 6.15. The number of hydrogen-bond donors (Lipinski definition) is 4. The zero-order chi connectivity index (χ0) is 9.84. The topological polar surface area (TPSA) is 107 Å². The lowest BCUT2D eigenvalue weighted by molar-refractivity contribution is 0.443. The third-order valence-electron chi connectivity index (χ3n) is 1.65. The molecular weight excluding hydrogens is 172 g/mol. The van der Waals surface area contributed by atoms with Crippen LogP contribution < -0.4 is 11.4 Å². The van der Waals surface area contributed by atoms with Crippen molar-refractivity contribution in [1.82, 2.24) is 9.97 Å². The number of nitrogens with zero attached hydrogens (tertiary/aromatic N) is 1. The summed E-state index contributed by atoms with van der Waals surface area (Å²) in [5.41, 5.74) is 5.50. The van der Waals surface area contributed by atoms with Crippen molar-refractivity contribution in [1.29, 1.82) is 0 Å². The van der Waals surface area contributed by atoms with Gasteiger partial charge in [-0.2, -0.15) is 0 Å². The lowest BCUT2D eigenvalue weighted by Crippen LogP contribution is -2.13. The Morgan fingerprint density at radius 2 is 2.38 bits per heavy atom. The lowest BCUT2D eigenvalue weighted by Gasteiger charge is -2.04.